The second-order valence-corrected chi connectivity index (χ2v) is 9.15. The van der Waals surface area contributed by atoms with E-state index in [9.17, 15) is 24.3 Å². The largest absolute Gasteiger partial charge is 0.481 e. The lowest BCUT2D eigenvalue weighted by Crippen LogP contribution is -2.41. The first-order chi connectivity index (χ1) is 18.5. The Morgan fingerprint density at radius 2 is 1.95 bits per heavy atom. The van der Waals surface area contributed by atoms with Gasteiger partial charge in [0, 0.05) is 13.0 Å². The normalized spacial score (nSPS) is 11.5. The number of anilines is 1. The minimum absolute atomic E-state index is 0.00537. The third kappa shape index (κ3) is 7.19. The molecule has 0 saturated carbocycles. The summed E-state index contributed by atoms with van der Waals surface area (Å²) in [5.74, 6) is -0.912. The number of hydrogen-bond acceptors (Lipinski definition) is 6. The van der Waals surface area contributed by atoms with Crippen LogP contribution in [0.15, 0.2) is 35.1 Å². The van der Waals surface area contributed by atoms with Gasteiger partial charge in [0.25, 0.3) is 11.5 Å². The Hall–Kier alpha value is -4.72. The van der Waals surface area contributed by atoms with Gasteiger partial charge in [0.2, 0.25) is 0 Å². The second kappa shape index (κ2) is 12.7. The molecule has 10 nitrogen and oxygen atoms in total. The molecule has 0 aliphatic rings. The number of aliphatic carboxylic acids is 2. The molecule has 1 amide bonds. The Balaban J connectivity index is 1.94. The number of benzene rings is 2. The summed E-state index contributed by atoms with van der Waals surface area (Å²) < 4.78 is 15.2. The van der Waals surface area contributed by atoms with Gasteiger partial charge in [0.05, 0.1) is 28.7 Å². The molecule has 0 radical (unpaired) electrons. The number of aromatic nitrogens is 2. The highest BCUT2D eigenvalue weighted by atomic mass is 19.1. The van der Waals surface area contributed by atoms with Gasteiger partial charge < -0.3 is 25.4 Å². The standard InChI is InChI=1S/C28H29FN4O6/c1-4-12-33(15-18-14-20-23(13-16(18)2)30-17(3)31-27(20)37)25-19(8-7-9-21(25)29)26(36)32-22(28(38)39)10-5-6-11-24(34)35/h1,7-9,13-14,22H,5-6,10-12,15H2,2-3H3,(H,32,36)(H,34,35)(H,38,39)(H,30,31,37)/t22-/m0/s1. The van der Waals surface area contributed by atoms with Gasteiger partial charge >= 0.3 is 11.9 Å². The van der Waals surface area contributed by atoms with Crippen molar-refractivity contribution >= 4 is 34.4 Å². The van der Waals surface area contributed by atoms with Crippen LogP contribution in [0.2, 0.25) is 0 Å². The van der Waals surface area contributed by atoms with Crippen molar-refractivity contribution in [2.24, 2.45) is 0 Å². The second-order valence-electron chi connectivity index (χ2n) is 9.15. The van der Waals surface area contributed by atoms with Gasteiger partial charge in [0.15, 0.2) is 0 Å². The number of fused-ring (bicyclic) bond motifs is 1. The Kier molecular flexibility index (Phi) is 9.38. The van der Waals surface area contributed by atoms with Crippen molar-refractivity contribution in [3.63, 3.8) is 0 Å². The summed E-state index contributed by atoms with van der Waals surface area (Å²) in [7, 11) is 0. The fraction of sp³-hybridized carbons (Fsp3) is 0.321. The minimum atomic E-state index is -1.30. The number of halogens is 1. The number of amides is 1. The topological polar surface area (TPSA) is 153 Å². The summed E-state index contributed by atoms with van der Waals surface area (Å²) >= 11 is 0. The van der Waals surface area contributed by atoms with Gasteiger partial charge in [-0.05, 0) is 62.1 Å². The molecule has 204 valence electrons. The summed E-state index contributed by atoms with van der Waals surface area (Å²) in [6.45, 7) is 3.46. The monoisotopic (exact) mass is 536 g/mol. The molecule has 0 unspecified atom stereocenters. The van der Waals surface area contributed by atoms with Crippen LogP contribution in [0.1, 0.15) is 53.0 Å². The molecule has 11 heteroatoms. The number of carboxylic acids is 2. The van der Waals surface area contributed by atoms with Gasteiger partial charge in [-0.1, -0.05) is 18.4 Å². The predicted octanol–water partition coefficient (Wildman–Crippen LogP) is 3.15. The molecule has 0 spiro atoms. The maximum atomic E-state index is 15.2. The third-order valence-electron chi connectivity index (χ3n) is 6.21. The van der Waals surface area contributed by atoms with Gasteiger partial charge in [0.1, 0.15) is 17.7 Å². The molecule has 39 heavy (non-hydrogen) atoms. The molecular formula is C28H29FN4O6. The molecule has 0 aliphatic carbocycles. The molecule has 0 bridgehead atoms. The molecule has 0 aliphatic heterocycles. The van der Waals surface area contributed by atoms with Crippen LogP contribution >= 0.6 is 0 Å². The lowest BCUT2D eigenvalue weighted by molar-refractivity contribution is -0.139. The van der Waals surface area contributed by atoms with Gasteiger partial charge in [-0.2, -0.15) is 0 Å². The number of nitrogens with zero attached hydrogens (tertiary/aromatic N) is 2. The summed E-state index contributed by atoms with van der Waals surface area (Å²) in [6, 6.07) is 5.97. The first-order valence-electron chi connectivity index (χ1n) is 12.2. The van der Waals surface area contributed by atoms with Crippen molar-refractivity contribution in [1.29, 1.82) is 0 Å². The number of aromatic amines is 1. The van der Waals surface area contributed by atoms with Crippen molar-refractivity contribution in [2.45, 2.75) is 52.1 Å². The summed E-state index contributed by atoms with van der Waals surface area (Å²) in [6.07, 6.45) is 5.97. The summed E-state index contributed by atoms with van der Waals surface area (Å²) in [5, 5.41) is 21.1. The Bertz CT molecular complexity index is 1510. The molecule has 3 rings (SSSR count). The number of carboxylic acid groups (broad SMARTS) is 2. The summed E-state index contributed by atoms with van der Waals surface area (Å²) in [4.78, 5) is 56.6. The summed E-state index contributed by atoms with van der Waals surface area (Å²) in [5.41, 5.74) is 1.39. The van der Waals surface area contributed by atoms with Crippen LogP contribution < -0.4 is 15.8 Å². The number of nitrogens with one attached hydrogen (secondary N) is 2. The van der Waals surface area contributed by atoms with E-state index in [1.54, 1.807) is 19.1 Å². The number of aryl methyl sites for hydroxylation is 2. The van der Waals surface area contributed by atoms with Gasteiger partial charge in [-0.15, -0.1) is 6.42 Å². The van der Waals surface area contributed by atoms with E-state index in [0.717, 1.165) is 5.56 Å². The van der Waals surface area contributed by atoms with E-state index in [2.05, 4.69) is 21.2 Å². The maximum absolute atomic E-state index is 15.2. The van der Waals surface area contributed by atoms with Crippen LogP contribution in [0.25, 0.3) is 10.9 Å². The first kappa shape index (κ1) is 28.8. The first-order valence-corrected chi connectivity index (χ1v) is 12.2. The van der Waals surface area contributed by atoms with Crippen LogP contribution in [0, 0.1) is 32.0 Å². The Labute approximate surface area is 223 Å². The van der Waals surface area contributed by atoms with Crippen LogP contribution in [0.3, 0.4) is 0 Å². The van der Waals surface area contributed by atoms with Crippen LogP contribution in [-0.4, -0.2) is 50.6 Å². The number of carbonyl (C=O) groups excluding carboxylic acids is 1. The van der Waals surface area contributed by atoms with Crippen molar-refractivity contribution in [1.82, 2.24) is 15.3 Å². The Morgan fingerprint density at radius 1 is 1.21 bits per heavy atom. The molecule has 4 N–H and O–H groups in total. The SMILES string of the molecule is C#CCN(Cc1cc2c(=O)[nH]c(C)nc2cc1C)c1c(F)cccc1C(=O)N[C@@H](CCCCC(=O)O)C(=O)O. The van der Waals surface area contributed by atoms with E-state index in [4.69, 9.17) is 11.5 Å². The van der Waals surface area contributed by atoms with Gasteiger partial charge in [-0.25, -0.2) is 14.2 Å². The zero-order valence-electron chi connectivity index (χ0n) is 21.6. The maximum Gasteiger partial charge on any atom is 0.326 e. The predicted molar refractivity (Wildman–Crippen MR) is 143 cm³/mol. The quantitative estimate of drug-likeness (QED) is 0.203. The number of para-hydroxylation sites is 1. The third-order valence-corrected chi connectivity index (χ3v) is 6.21. The highest BCUT2D eigenvalue weighted by Crippen LogP contribution is 2.28. The zero-order valence-corrected chi connectivity index (χ0v) is 21.6. The van der Waals surface area contributed by atoms with E-state index in [-0.39, 0.29) is 55.6 Å². The highest BCUT2D eigenvalue weighted by Gasteiger charge is 2.25. The van der Waals surface area contributed by atoms with Gasteiger partial charge in [-0.3, -0.25) is 14.4 Å². The molecular weight excluding hydrogens is 507 g/mol. The fourth-order valence-electron chi connectivity index (χ4n) is 4.29. The van der Waals surface area contributed by atoms with Crippen molar-refractivity contribution in [3.8, 4) is 12.3 Å². The van der Waals surface area contributed by atoms with E-state index in [1.165, 1.54) is 23.1 Å². The molecule has 2 aromatic carbocycles. The molecule has 0 fully saturated rings. The molecule has 1 atom stereocenters. The van der Waals surface area contributed by atoms with E-state index < -0.39 is 29.7 Å². The van der Waals surface area contributed by atoms with Crippen LogP contribution in [-0.2, 0) is 16.1 Å². The lowest BCUT2D eigenvalue weighted by atomic mass is 10.0. The number of H-pyrrole nitrogens is 1. The van der Waals surface area contributed by atoms with Crippen molar-refractivity contribution in [2.75, 3.05) is 11.4 Å². The zero-order chi connectivity index (χ0) is 28.7. The van der Waals surface area contributed by atoms with E-state index in [1.807, 2.05) is 6.92 Å². The van der Waals surface area contributed by atoms with Crippen LogP contribution in [0.4, 0.5) is 10.1 Å². The Morgan fingerprint density at radius 3 is 2.62 bits per heavy atom. The van der Waals surface area contributed by atoms with Crippen molar-refractivity contribution < 1.29 is 29.0 Å². The molecule has 1 aromatic heterocycles. The molecule has 1 heterocycles. The van der Waals surface area contributed by atoms with Crippen LogP contribution in [0.5, 0.6) is 0 Å². The number of unbranched alkanes of at least 4 members (excludes halogenated alkanes) is 1. The number of terminal acetylenes is 1. The van der Waals surface area contributed by atoms with E-state index in [0.29, 0.717) is 22.3 Å². The number of carbonyl (C=O) groups is 3. The lowest BCUT2D eigenvalue weighted by Gasteiger charge is -2.27. The van der Waals surface area contributed by atoms with E-state index >= 15 is 4.39 Å². The number of hydrogen-bond donors (Lipinski definition) is 4. The minimum Gasteiger partial charge on any atom is -0.481 e. The molecule has 0 saturated heterocycles. The average molecular weight is 537 g/mol. The highest BCUT2D eigenvalue weighted by molar-refractivity contribution is 6.01. The molecule has 3 aromatic rings. The number of rotatable bonds is 12. The smallest absolute Gasteiger partial charge is 0.326 e. The van der Waals surface area contributed by atoms with Crippen molar-refractivity contribution in [3.05, 3.63) is 69.0 Å². The average Bonchev–Trinajstić information content (AvgIpc) is 2.85. The fourth-order valence-corrected chi connectivity index (χ4v) is 4.29.